The number of aromatic nitrogens is 1. The highest BCUT2D eigenvalue weighted by molar-refractivity contribution is 7.90. The highest BCUT2D eigenvalue weighted by Gasteiger charge is 2.29. The number of fused-ring (bicyclic) bond motifs is 1. The Kier molecular flexibility index (Phi) is 5.00. The van der Waals surface area contributed by atoms with Gasteiger partial charge in [-0.15, -0.1) is 0 Å². The molecule has 0 spiro atoms. The monoisotopic (exact) mass is 401 g/mol. The van der Waals surface area contributed by atoms with Gasteiger partial charge in [0, 0.05) is 30.2 Å². The Balaban J connectivity index is 2.01. The van der Waals surface area contributed by atoms with Crippen LogP contribution in [-0.2, 0) is 23.4 Å². The fourth-order valence-electron chi connectivity index (χ4n) is 3.20. The van der Waals surface area contributed by atoms with E-state index in [1.54, 1.807) is 13.1 Å². The van der Waals surface area contributed by atoms with Gasteiger partial charge in [0.15, 0.2) is 9.92 Å². The second kappa shape index (κ2) is 7.13. The van der Waals surface area contributed by atoms with Crippen LogP contribution in [-0.4, -0.2) is 14.7 Å². The second-order valence-electron chi connectivity index (χ2n) is 6.83. The first kappa shape index (κ1) is 19.6. The first-order chi connectivity index (χ1) is 13.1. The molecule has 0 radical (unpaired) electrons. The first-order valence-electron chi connectivity index (χ1n) is 8.56. The van der Waals surface area contributed by atoms with Gasteiger partial charge in [0.1, 0.15) is 17.6 Å². The summed E-state index contributed by atoms with van der Waals surface area (Å²) in [5.74, 6) is -1.14. The molecule has 9 heteroatoms. The molecule has 1 atom stereocenters. The topological polar surface area (TPSA) is 111 Å². The number of rotatable bonds is 2. The van der Waals surface area contributed by atoms with Gasteiger partial charge in [0.2, 0.25) is 0 Å². The zero-order valence-corrected chi connectivity index (χ0v) is 16.5. The third-order valence-corrected chi connectivity index (χ3v) is 6.12. The van der Waals surface area contributed by atoms with Gasteiger partial charge in [-0.3, -0.25) is 9.52 Å². The van der Waals surface area contributed by atoms with E-state index in [0.29, 0.717) is 18.4 Å². The number of allylic oxidation sites excluding steroid dienone is 2. The van der Waals surface area contributed by atoms with Crippen molar-refractivity contribution >= 4 is 21.5 Å². The van der Waals surface area contributed by atoms with Gasteiger partial charge in [-0.1, -0.05) is 5.57 Å². The van der Waals surface area contributed by atoms with Crippen LogP contribution in [0, 0.1) is 21.9 Å². The van der Waals surface area contributed by atoms with Crippen molar-refractivity contribution in [2.24, 2.45) is 7.05 Å². The molecule has 0 fully saturated rings. The van der Waals surface area contributed by atoms with Crippen LogP contribution in [0.25, 0.3) is 0 Å². The van der Waals surface area contributed by atoms with Gasteiger partial charge in [0.25, 0.3) is 5.91 Å². The average Bonchev–Trinajstić information content (AvgIpc) is 2.90. The molecule has 1 aromatic carbocycles. The lowest BCUT2D eigenvalue weighted by molar-refractivity contribution is 0.101. The van der Waals surface area contributed by atoms with Crippen molar-refractivity contribution in [1.82, 2.24) is 9.29 Å². The molecular formula is C19H20FN5O2S. The first-order valence-corrected chi connectivity index (χ1v) is 10.1. The number of aryl methyl sites for hydroxylation is 1. The predicted molar refractivity (Wildman–Crippen MR) is 103 cm³/mol. The summed E-state index contributed by atoms with van der Waals surface area (Å²) in [6.45, 7) is 3.76. The molecule has 2 aromatic rings. The van der Waals surface area contributed by atoms with Crippen molar-refractivity contribution < 1.29 is 13.4 Å². The van der Waals surface area contributed by atoms with Gasteiger partial charge in [-0.05, 0) is 44.9 Å². The normalized spacial score (nSPS) is 18.5. The fraction of sp³-hybridized carbons (Fsp3) is 0.263. The van der Waals surface area contributed by atoms with Gasteiger partial charge in [-0.2, -0.15) is 5.26 Å². The van der Waals surface area contributed by atoms with Crippen LogP contribution in [0.15, 0.2) is 40.6 Å². The van der Waals surface area contributed by atoms with Gasteiger partial charge >= 0.3 is 0 Å². The van der Waals surface area contributed by atoms with Crippen LogP contribution in [0.4, 0.5) is 10.1 Å². The maximum Gasteiger partial charge on any atom is 0.272 e. The number of carbonyl (C=O) groups excluding carboxylic acids is 1. The van der Waals surface area contributed by atoms with Crippen LogP contribution in [0.5, 0.6) is 0 Å². The van der Waals surface area contributed by atoms with Crippen LogP contribution < -0.4 is 10.0 Å². The summed E-state index contributed by atoms with van der Waals surface area (Å²) < 4.78 is 39.1. The van der Waals surface area contributed by atoms with Crippen molar-refractivity contribution in [2.75, 3.05) is 5.32 Å². The van der Waals surface area contributed by atoms with E-state index in [4.69, 9.17) is 10.0 Å². The van der Waals surface area contributed by atoms with E-state index < -0.39 is 21.6 Å². The molecular weight excluding hydrogens is 381 g/mol. The third-order valence-electron chi connectivity index (χ3n) is 4.61. The number of anilines is 1. The summed E-state index contributed by atoms with van der Waals surface area (Å²) in [7, 11) is -1.65. The van der Waals surface area contributed by atoms with Crippen LogP contribution in [0.3, 0.4) is 0 Å². The van der Waals surface area contributed by atoms with Crippen molar-refractivity contribution in [2.45, 2.75) is 31.6 Å². The minimum Gasteiger partial charge on any atom is -0.345 e. The molecule has 0 saturated carbocycles. The number of hydrogen-bond acceptors (Lipinski definition) is 4. The summed E-state index contributed by atoms with van der Waals surface area (Å²) in [6, 6.07) is 5.47. The van der Waals surface area contributed by atoms with E-state index in [0.717, 1.165) is 17.3 Å². The quantitative estimate of drug-likeness (QED) is 0.717. The zero-order valence-electron chi connectivity index (χ0n) is 15.7. The Hall–Kier alpha value is -3.12. The summed E-state index contributed by atoms with van der Waals surface area (Å²) in [4.78, 5) is 13.2. The zero-order chi connectivity index (χ0) is 20.6. The lowest BCUT2D eigenvalue weighted by Crippen LogP contribution is -2.21. The lowest BCUT2D eigenvalue weighted by atomic mass is 10.1. The molecule has 1 aliphatic rings. The average molecular weight is 401 g/mol. The van der Waals surface area contributed by atoms with E-state index in [9.17, 15) is 13.4 Å². The predicted octanol–water partition coefficient (Wildman–Crippen LogP) is 3.44. The van der Waals surface area contributed by atoms with Gasteiger partial charge < -0.3 is 9.88 Å². The Bertz CT molecular complexity index is 1150. The number of amides is 1. The fourth-order valence-corrected chi connectivity index (χ4v) is 4.81. The maximum absolute atomic E-state index is 13.5. The number of carbonyl (C=O) groups is 1. The van der Waals surface area contributed by atoms with E-state index in [1.807, 2.05) is 13.8 Å². The van der Waals surface area contributed by atoms with Crippen molar-refractivity contribution in [3.8, 4) is 6.07 Å². The molecule has 28 heavy (non-hydrogen) atoms. The molecule has 1 aliphatic heterocycles. The second-order valence-corrected chi connectivity index (χ2v) is 8.59. The highest BCUT2D eigenvalue weighted by Crippen LogP contribution is 2.30. The smallest absolute Gasteiger partial charge is 0.272 e. The molecule has 1 unspecified atom stereocenters. The molecule has 3 rings (SSSR count). The molecule has 0 saturated heterocycles. The molecule has 7 nitrogen and oxygen atoms in total. The van der Waals surface area contributed by atoms with Crippen LogP contribution in [0.2, 0.25) is 0 Å². The summed E-state index contributed by atoms with van der Waals surface area (Å²) >= 11 is 0. The van der Waals surface area contributed by atoms with E-state index in [1.165, 1.54) is 22.9 Å². The minimum absolute atomic E-state index is 0.171. The number of hydrogen-bond donors (Lipinski definition) is 3. The Labute approximate surface area is 163 Å². The largest absolute Gasteiger partial charge is 0.345 e. The molecule has 1 aromatic heterocycles. The van der Waals surface area contributed by atoms with E-state index in [-0.39, 0.29) is 21.8 Å². The minimum atomic E-state index is -3.30. The number of nitrogens with zero attached hydrogens (tertiary/aromatic N) is 2. The molecule has 1 amide bonds. The molecule has 0 bridgehead atoms. The summed E-state index contributed by atoms with van der Waals surface area (Å²) in [5, 5.41) is 11.6. The Morgan fingerprint density at radius 2 is 2.11 bits per heavy atom. The molecule has 3 N–H and O–H groups in total. The Morgan fingerprint density at radius 3 is 2.75 bits per heavy atom. The third kappa shape index (κ3) is 3.51. The highest BCUT2D eigenvalue weighted by atomic mass is 32.2. The molecule has 2 heterocycles. The number of benzene rings is 1. The van der Waals surface area contributed by atoms with Crippen molar-refractivity contribution in [3.05, 3.63) is 58.3 Å². The standard InChI is InChI=1S/C19H20FN5O2S/c1-11(2)16-7-5-14-17(28(22,27)24-16)10-25(3)18(14)19(26)23-13-4-6-15(20)12(8-13)9-21/h4,6,8,10H,5,7H2,1-3H3,(H,23,26)(H2,22,24,27). The SMILES string of the molecule is CC(C)=C1CCc2c(cn(C)c2C(=O)Nc2ccc(F)c(C#N)c2)S(=N)(=O)N1. The van der Waals surface area contributed by atoms with Gasteiger partial charge in [-0.25, -0.2) is 13.4 Å². The summed E-state index contributed by atoms with van der Waals surface area (Å²) in [6.07, 6.45) is 2.52. The van der Waals surface area contributed by atoms with E-state index in [2.05, 4.69) is 10.0 Å². The van der Waals surface area contributed by atoms with Crippen molar-refractivity contribution in [1.29, 1.82) is 10.0 Å². The van der Waals surface area contributed by atoms with Crippen molar-refractivity contribution in [3.63, 3.8) is 0 Å². The van der Waals surface area contributed by atoms with Crippen LogP contribution >= 0.6 is 0 Å². The Morgan fingerprint density at radius 1 is 1.39 bits per heavy atom. The van der Waals surface area contributed by atoms with E-state index >= 15 is 0 Å². The molecule has 146 valence electrons. The maximum atomic E-state index is 13.5. The summed E-state index contributed by atoms with van der Waals surface area (Å²) in [5.41, 5.74) is 2.62. The lowest BCUT2D eigenvalue weighted by Gasteiger charge is -2.11. The number of nitriles is 1. The van der Waals surface area contributed by atoms with Gasteiger partial charge in [0.05, 0.1) is 10.5 Å². The van der Waals surface area contributed by atoms with Crippen LogP contribution in [0.1, 0.15) is 41.9 Å². The number of halogens is 1. The number of nitrogens with one attached hydrogen (secondary N) is 3. The molecule has 0 aliphatic carbocycles.